The predicted molar refractivity (Wildman–Crippen MR) is 71.1 cm³/mol. The van der Waals surface area contributed by atoms with Crippen molar-refractivity contribution in [2.75, 3.05) is 13.1 Å². The third-order valence-corrected chi connectivity index (χ3v) is 3.81. The van der Waals surface area contributed by atoms with Gasteiger partial charge < -0.3 is 10.4 Å². The van der Waals surface area contributed by atoms with Crippen molar-refractivity contribution < 1.29 is 5.11 Å². The van der Waals surface area contributed by atoms with Crippen LogP contribution in [0.5, 0.6) is 0 Å². The number of hydrogen-bond acceptors (Lipinski definition) is 2. The zero-order valence-electron chi connectivity index (χ0n) is 10.9. The molecule has 1 aliphatic rings. The fraction of sp³-hybridized carbons (Fsp3) is 0.600. The quantitative estimate of drug-likeness (QED) is 0.819. The van der Waals surface area contributed by atoms with Gasteiger partial charge >= 0.3 is 0 Å². The van der Waals surface area contributed by atoms with E-state index >= 15 is 0 Å². The van der Waals surface area contributed by atoms with Gasteiger partial charge in [-0.3, -0.25) is 0 Å². The summed E-state index contributed by atoms with van der Waals surface area (Å²) in [6.07, 6.45) is 3.87. The molecule has 1 atom stereocenters. The Morgan fingerprint density at radius 1 is 1.35 bits per heavy atom. The third kappa shape index (κ3) is 2.70. The monoisotopic (exact) mass is 233 g/mol. The highest BCUT2D eigenvalue weighted by Gasteiger charge is 2.30. The lowest BCUT2D eigenvalue weighted by Gasteiger charge is -2.33. The average Bonchev–Trinajstić information content (AvgIpc) is 2.25. The Bertz CT molecular complexity index is 369. The summed E-state index contributed by atoms with van der Waals surface area (Å²) >= 11 is 0. The van der Waals surface area contributed by atoms with Crippen molar-refractivity contribution in [3.63, 3.8) is 0 Å². The second-order valence-electron chi connectivity index (χ2n) is 5.27. The van der Waals surface area contributed by atoms with E-state index in [-0.39, 0.29) is 0 Å². The van der Waals surface area contributed by atoms with Gasteiger partial charge in [-0.15, -0.1) is 0 Å². The van der Waals surface area contributed by atoms with Gasteiger partial charge in [0.25, 0.3) is 0 Å². The Labute approximate surface area is 104 Å². The molecule has 0 aliphatic heterocycles. The predicted octanol–water partition coefficient (Wildman–Crippen LogP) is 2.77. The molecule has 1 saturated carbocycles. The van der Waals surface area contributed by atoms with Crippen LogP contribution in [0.15, 0.2) is 24.3 Å². The Morgan fingerprint density at radius 3 is 2.65 bits per heavy atom. The maximum atomic E-state index is 10.6. The van der Waals surface area contributed by atoms with Crippen LogP contribution in [-0.4, -0.2) is 18.2 Å². The maximum absolute atomic E-state index is 10.6. The van der Waals surface area contributed by atoms with Crippen LogP contribution in [0.4, 0.5) is 0 Å². The summed E-state index contributed by atoms with van der Waals surface area (Å²) in [7, 11) is 0. The third-order valence-electron chi connectivity index (χ3n) is 3.81. The van der Waals surface area contributed by atoms with E-state index in [1.807, 2.05) is 13.0 Å². The zero-order valence-corrected chi connectivity index (χ0v) is 10.9. The van der Waals surface area contributed by atoms with Gasteiger partial charge in [0, 0.05) is 6.54 Å². The average molecular weight is 233 g/mol. The van der Waals surface area contributed by atoms with Gasteiger partial charge in [0.1, 0.15) is 0 Å². The maximum Gasteiger partial charge on any atom is 0.0995 e. The lowest BCUT2D eigenvalue weighted by Crippen LogP contribution is -2.36. The molecule has 1 aliphatic carbocycles. The molecule has 1 fully saturated rings. The van der Waals surface area contributed by atoms with E-state index in [1.165, 1.54) is 24.8 Å². The number of nitrogens with one attached hydrogen (secondary N) is 1. The smallest absolute Gasteiger partial charge is 0.0995 e. The van der Waals surface area contributed by atoms with Crippen molar-refractivity contribution in [3.05, 3.63) is 35.4 Å². The first-order valence-corrected chi connectivity index (χ1v) is 6.67. The molecule has 94 valence electrons. The largest absolute Gasteiger partial charge is 0.384 e. The van der Waals surface area contributed by atoms with E-state index in [0.717, 1.165) is 12.1 Å². The lowest BCUT2D eigenvalue weighted by atomic mass is 9.75. The molecular weight excluding hydrogens is 210 g/mol. The summed E-state index contributed by atoms with van der Waals surface area (Å²) < 4.78 is 0. The summed E-state index contributed by atoms with van der Waals surface area (Å²) in [5.41, 5.74) is 1.69. The molecule has 0 saturated heterocycles. The van der Waals surface area contributed by atoms with E-state index in [0.29, 0.717) is 12.5 Å². The van der Waals surface area contributed by atoms with Crippen LogP contribution in [0.1, 0.15) is 50.2 Å². The second kappa shape index (κ2) is 5.19. The van der Waals surface area contributed by atoms with Crippen LogP contribution in [0, 0.1) is 0 Å². The molecule has 17 heavy (non-hydrogen) atoms. The molecule has 1 unspecified atom stereocenters. The van der Waals surface area contributed by atoms with Crippen molar-refractivity contribution in [2.45, 2.75) is 44.6 Å². The number of benzene rings is 1. The Balaban J connectivity index is 2.23. The summed E-state index contributed by atoms with van der Waals surface area (Å²) in [4.78, 5) is 0. The summed E-state index contributed by atoms with van der Waals surface area (Å²) in [6, 6.07) is 8.36. The minimum absolute atomic E-state index is 0.618. The molecular formula is C15H23NO. The van der Waals surface area contributed by atoms with Gasteiger partial charge in [0.2, 0.25) is 0 Å². The minimum Gasteiger partial charge on any atom is -0.384 e. The Morgan fingerprint density at radius 2 is 2.06 bits per heavy atom. The van der Waals surface area contributed by atoms with Crippen molar-refractivity contribution >= 4 is 0 Å². The van der Waals surface area contributed by atoms with Crippen LogP contribution in [-0.2, 0) is 5.60 Å². The van der Waals surface area contributed by atoms with Gasteiger partial charge in [-0.2, -0.15) is 0 Å². The number of rotatable bonds is 5. The van der Waals surface area contributed by atoms with Crippen molar-refractivity contribution in [1.82, 2.24) is 5.32 Å². The molecule has 0 heterocycles. The van der Waals surface area contributed by atoms with Gasteiger partial charge in [0.05, 0.1) is 5.60 Å². The second-order valence-corrected chi connectivity index (χ2v) is 5.27. The van der Waals surface area contributed by atoms with E-state index < -0.39 is 5.60 Å². The Hall–Kier alpha value is -0.860. The van der Waals surface area contributed by atoms with Gasteiger partial charge in [-0.25, -0.2) is 0 Å². The number of hydrogen-bond donors (Lipinski definition) is 2. The summed E-state index contributed by atoms with van der Waals surface area (Å²) in [5.74, 6) is 0.666. The normalized spacial score (nSPS) is 19.7. The van der Waals surface area contributed by atoms with Crippen LogP contribution >= 0.6 is 0 Å². The molecule has 0 aromatic heterocycles. The fourth-order valence-electron chi connectivity index (χ4n) is 2.53. The van der Waals surface area contributed by atoms with E-state index in [2.05, 4.69) is 30.4 Å². The molecule has 0 radical (unpaired) electrons. The highest BCUT2D eigenvalue weighted by molar-refractivity contribution is 5.36. The Kier molecular flexibility index (Phi) is 3.85. The molecule has 2 nitrogen and oxygen atoms in total. The van der Waals surface area contributed by atoms with E-state index in [9.17, 15) is 5.11 Å². The van der Waals surface area contributed by atoms with Crippen LogP contribution in [0.25, 0.3) is 0 Å². The first kappa shape index (κ1) is 12.6. The van der Waals surface area contributed by atoms with Crippen molar-refractivity contribution in [1.29, 1.82) is 0 Å². The van der Waals surface area contributed by atoms with E-state index in [1.54, 1.807) is 0 Å². The highest BCUT2D eigenvalue weighted by atomic mass is 16.3. The van der Waals surface area contributed by atoms with Crippen molar-refractivity contribution in [2.24, 2.45) is 0 Å². The van der Waals surface area contributed by atoms with E-state index in [4.69, 9.17) is 0 Å². The molecule has 1 aromatic carbocycles. The van der Waals surface area contributed by atoms with Gasteiger partial charge in [-0.05, 0) is 43.4 Å². The number of likely N-dealkylation sites (N-methyl/N-ethyl adjacent to an activating group) is 1. The van der Waals surface area contributed by atoms with Gasteiger partial charge in [0.15, 0.2) is 0 Å². The zero-order chi connectivity index (χ0) is 12.3. The fourth-order valence-corrected chi connectivity index (χ4v) is 2.53. The highest BCUT2D eigenvalue weighted by Crippen LogP contribution is 2.40. The first-order chi connectivity index (χ1) is 8.15. The topological polar surface area (TPSA) is 32.3 Å². The van der Waals surface area contributed by atoms with Crippen molar-refractivity contribution in [3.8, 4) is 0 Å². The van der Waals surface area contributed by atoms with Crippen LogP contribution in [0.3, 0.4) is 0 Å². The molecule has 0 spiro atoms. The van der Waals surface area contributed by atoms with Crippen LogP contribution in [0.2, 0.25) is 0 Å². The minimum atomic E-state index is -0.762. The van der Waals surface area contributed by atoms with Gasteiger partial charge in [-0.1, -0.05) is 37.6 Å². The first-order valence-electron chi connectivity index (χ1n) is 6.67. The summed E-state index contributed by atoms with van der Waals surface area (Å²) in [6.45, 7) is 5.48. The molecule has 2 N–H and O–H groups in total. The molecule has 2 heteroatoms. The molecule has 2 rings (SSSR count). The molecule has 1 aromatic rings. The standard InChI is InChI=1S/C15H23NO/c1-3-16-11-15(2,17)14-10-5-4-9-13(14)12-7-6-8-12/h4-5,9-10,12,16-17H,3,6-8,11H2,1-2H3. The molecule has 0 amide bonds. The lowest BCUT2D eigenvalue weighted by molar-refractivity contribution is 0.0558. The number of aliphatic hydroxyl groups is 1. The molecule has 0 bridgehead atoms. The van der Waals surface area contributed by atoms with Crippen LogP contribution < -0.4 is 5.32 Å². The summed E-state index contributed by atoms with van der Waals surface area (Å²) in [5, 5.41) is 13.8. The SMILES string of the molecule is CCNCC(C)(O)c1ccccc1C1CCC1.